The van der Waals surface area contributed by atoms with Crippen LogP contribution in [0.5, 0.6) is 0 Å². The molecule has 0 radical (unpaired) electrons. The maximum atomic E-state index is 4.57. The third kappa shape index (κ3) is 1.46. The topological polar surface area (TPSA) is 17.3 Å². The van der Waals surface area contributed by atoms with Crippen LogP contribution in [0.1, 0.15) is 43.0 Å². The summed E-state index contributed by atoms with van der Waals surface area (Å²) in [4.78, 5) is 4.57. The minimum atomic E-state index is 0.584. The van der Waals surface area contributed by atoms with Gasteiger partial charge in [-0.05, 0) is 48.4 Å². The summed E-state index contributed by atoms with van der Waals surface area (Å²) in [6.07, 6.45) is 7.57. The van der Waals surface area contributed by atoms with E-state index >= 15 is 0 Å². The summed E-state index contributed by atoms with van der Waals surface area (Å²) < 4.78 is 2.33. The molecule has 0 amide bonds. The van der Waals surface area contributed by atoms with Gasteiger partial charge in [-0.25, -0.2) is 0 Å². The zero-order valence-corrected chi connectivity index (χ0v) is 11.5. The molecular weight excluding hydrogens is 232 g/mol. The van der Waals surface area contributed by atoms with E-state index < -0.39 is 0 Å². The van der Waals surface area contributed by atoms with E-state index in [1.54, 1.807) is 0 Å². The number of aromatic nitrogens is 2. The van der Waals surface area contributed by atoms with Gasteiger partial charge in [0.15, 0.2) is 0 Å². The van der Waals surface area contributed by atoms with Gasteiger partial charge in [0, 0.05) is 17.8 Å². The average molecular weight is 250 g/mol. The highest BCUT2D eigenvalue weighted by Crippen LogP contribution is 2.34. The van der Waals surface area contributed by atoms with Crippen molar-refractivity contribution in [1.29, 1.82) is 0 Å². The lowest BCUT2D eigenvalue weighted by Crippen LogP contribution is -2.03. The molecule has 0 N–H and O–H groups in total. The molecule has 96 valence electrons. The van der Waals surface area contributed by atoms with Crippen LogP contribution >= 0.6 is 0 Å². The Hall–Kier alpha value is -1.83. The molecule has 19 heavy (non-hydrogen) atoms. The van der Waals surface area contributed by atoms with Crippen molar-refractivity contribution in [3.8, 4) is 0 Å². The Kier molecular flexibility index (Phi) is 2.22. The smallest absolute Gasteiger partial charge is 0.0710 e. The van der Waals surface area contributed by atoms with Crippen LogP contribution in [-0.4, -0.2) is 9.38 Å². The van der Waals surface area contributed by atoms with Gasteiger partial charge in [-0.2, -0.15) is 0 Å². The molecule has 1 aromatic carbocycles. The van der Waals surface area contributed by atoms with E-state index in [1.165, 1.54) is 46.1 Å². The highest BCUT2D eigenvalue weighted by Gasteiger charge is 2.19. The Labute approximate surface area is 113 Å². The summed E-state index contributed by atoms with van der Waals surface area (Å²) in [7, 11) is 0. The average Bonchev–Trinajstić information content (AvgIpc) is 2.76. The van der Waals surface area contributed by atoms with E-state index in [0.29, 0.717) is 5.92 Å². The first-order valence-electron chi connectivity index (χ1n) is 7.16. The van der Waals surface area contributed by atoms with Gasteiger partial charge in [0.25, 0.3) is 0 Å². The van der Waals surface area contributed by atoms with Crippen molar-refractivity contribution in [2.45, 2.75) is 39.0 Å². The van der Waals surface area contributed by atoms with E-state index in [1.807, 2.05) is 6.20 Å². The molecule has 3 aromatic rings. The first-order chi connectivity index (χ1) is 9.25. The van der Waals surface area contributed by atoms with Gasteiger partial charge in [-0.1, -0.05) is 19.9 Å². The van der Waals surface area contributed by atoms with Gasteiger partial charge < -0.3 is 4.40 Å². The Morgan fingerprint density at radius 2 is 2.11 bits per heavy atom. The standard InChI is InChI=1S/C17H18N2/c1-11(2)12-6-7-16-14(10-12)13-4-3-5-15-17(13)19(16)9-8-18-15/h6-11H,3-5H2,1-2H3. The first-order valence-corrected chi connectivity index (χ1v) is 7.16. The lowest BCUT2D eigenvalue weighted by atomic mass is 9.95. The summed E-state index contributed by atoms with van der Waals surface area (Å²) >= 11 is 0. The third-order valence-corrected chi connectivity index (χ3v) is 4.36. The fourth-order valence-electron chi connectivity index (χ4n) is 3.35. The molecule has 0 fully saturated rings. The van der Waals surface area contributed by atoms with Gasteiger partial charge in [0.05, 0.1) is 16.7 Å². The molecule has 2 heteroatoms. The summed E-state index contributed by atoms with van der Waals surface area (Å²) in [5.41, 5.74) is 6.90. The normalized spacial score (nSPS) is 14.7. The number of hydrogen-bond acceptors (Lipinski definition) is 1. The number of hydrogen-bond donors (Lipinski definition) is 0. The van der Waals surface area contributed by atoms with Crippen molar-refractivity contribution in [3.05, 3.63) is 47.4 Å². The van der Waals surface area contributed by atoms with Crippen LogP contribution in [0.4, 0.5) is 0 Å². The molecule has 0 saturated carbocycles. The number of nitrogens with zero attached hydrogens (tertiary/aromatic N) is 2. The fourth-order valence-corrected chi connectivity index (χ4v) is 3.35. The largest absolute Gasteiger partial charge is 0.313 e. The van der Waals surface area contributed by atoms with Crippen LogP contribution in [0, 0.1) is 0 Å². The molecule has 0 unspecified atom stereocenters. The predicted molar refractivity (Wildman–Crippen MR) is 78.8 cm³/mol. The minimum absolute atomic E-state index is 0.584. The molecule has 2 nitrogen and oxygen atoms in total. The number of rotatable bonds is 1. The van der Waals surface area contributed by atoms with Crippen molar-refractivity contribution < 1.29 is 0 Å². The molecule has 4 rings (SSSR count). The summed E-state index contributed by atoms with van der Waals surface area (Å²) in [6.45, 7) is 4.52. The third-order valence-electron chi connectivity index (χ3n) is 4.36. The predicted octanol–water partition coefficient (Wildman–Crippen LogP) is 4.10. The quantitative estimate of drug-likeness (QED) is 0.635. The van der Waals surface area contributed by atoms with Crippen molar-refractivity contribution in [1.82, 2.24) is 9.38 Å². The van der Waals surface area contributed by atoms with Gasteiger partial charge in [0.2, 0.25) is 0 Å². The first kappa shape index (κ1) is 11.0. The monoisotopic (exact) mass is 250 g/mol. The molecule has 0 spiro atoms. The summed E-state index contributed by atoms with van der Waals surface area (Å²) in [5, 5.41) is 1.43. The van der Waals surface area contributed by atoms with E-state index in [9.17, 15) is 0 Å². The lowest BCUT2D eigenvalue weighted by Gasteiger charge is -2.11. The van der Waals surface area contributed by atoms with E-state index in [0.717, 1.165) is 6.42 Å². The van der Waals surface area contributed by atoms with Crippen LogP contribution in [0.2, 0.25) is 0 Å². The molecule has 2 heterocycles. The second kappa shape index (κ2) is 3.83. The van der Waals surface area contributed by atoms with Crippen LogP contribution in [0.15, 0.2) is 30.6 Å². The zero-order chi connectivity index (χ0) is 13.0. The Bertz CT molecular complexity index is 781. The van der Waals surface area contributed by atoms with Crippen LogP contribution in [0.3, 0.4) is 0 Å². The second-order valence-electron chi connectivity index (χ2n) is 5.86. The van der Waals surface area contributed by atoms with E-state index in [4.69, 9.17) is 0 Å². The van der Waals surface area contributed by atoms with Crippen LogP contribution in [0.25, 0.3) is 16.4 Å². The van der Waals surface area contributed by atoms with Gasteiger partial charge in [-0.15, -0.1) is 0 Å². The van der Waals surface area contributed by atoms with Crippen molar-refractivity contribution >= 4 is 16.4 Å². The maximum Gasteiger partial charge on any atom is 0.0710 e. The summed E-state index contributed by atoms with van der Waals surface area (Å²) in [5.74, 6) is 0.584. The second-order valence-corrected chi connectivity index (χ2v) is 5.86. The zero-order valence-electron chi connectivity index (χ0n) is 11.5. The van der Waals surface area contributed by atoms with Crippen molar-refractivity contribution in [2.75, 3.05) is 0 Å². The SMILES string of the molecule is CC(C)c1ccc2c(c1)c1c3c(nccn32)CCC1. The number of aryl methyl sites for hydroxylation is 2. The Morgan fingerprint density at radius 1 is 1.21 bits per heavy atom. The molecule has 1 aliphatic rings. The molecule has 1 aliphatic carbocycles. The highest BCUT2D eigenvalue weighted by atomic mass is 14.9. The highest BCUT2D eigenvalue weighted by molar-refractivity contribution is 5.94. The number of benzene rings is 1. The Balaban J connectivity index is 2.17. The number of fused-ring (bicyclic) bond motifs is 3. The molecule has 0 aliphatic heterocycles. The fraction of sp³-hybridized carbons (Fsp3) is 0.353. The van der Waals surface area contributed by atoms with Crippen LogP contribution < -0.4 is 0 Å². The molecule has 0 saturated heterocycles. The van der Waals surface area contributed by atoms with Gasteiger partial charge in [0.1, 0.15) is 0 Å². The minimum Gasteiger partial charge on any atom is -0.313 e. The molecule has 0 bridgehead atoms. The van der Waals surface area contributed by atoms with Gasteiger partial charge >= 0.3 is 0 Å². The van der Waals surface area contributed by atoms with Gasteiger partial charge in [-0.3, -0.25) is 4.98 Å². The molecule has 2 aromatic heterocycles. The van der Waals surface area contributed by atoms with Crippen molar-refractivity contribution in [2.24, 2.45) is 0 Å². The molecular formula is C17H18N2. The molecule has 0 atom stereocenters. The van der Waals surface area contributed by atoms with E-state index in [-0.39, 0.29) is 0 Å². The summed E-state index contributed by atoms with van der Waals surface area (Å²) in [6, 6.07) is 6.93. The van der Waals surface area contributed by atoms with Crippen LogP contribution in [-0.2, 0) is 12.8 Å². The maximum absolute atomic E-state index is 4.57. The Morgan fingerprint density at radius 3 is 2.95 bits per heavy atom. The lowest BCUT2D eigenvalue weighted by molar-refractivity contribution is 0.780. The van der Waals surface area contributed by atoms with Crippen molar-refractivity contribution in [3.63, 3.8) is 0 Å². The van der Waals surface area contributed by atoms with E-state index in [2.05, 4.69) is 47.6 Å².